The van der Waals surface area contributed by atoms with E-state index in [1.54, 1.807) is 5.38 Å². The van der Waals surface area contributed by atoms with Gasteiger partial charge in [0.15, 0.2) is 11.7 Å². The summed E-state index contributed by atoms with van der Waals surface area (Å²) in [6.45, 7) is 1.81. The minimum Gasteiger partial charge on any atom is -0.468 e. The third kappa shape index (κ3) is 3.83. The molecular formula is C19H20N2O4S. The molecule has 1 N–H and O–H groups in total. The molecule has 26 heavy (non-hydrogen) atoms. The Morgan fingerprint density at radius 3 is 2.85 bits per heavy atom. The number of hydrogen-bond acceptors (Lipinski definition) is 6. The van der Waals surface area contributed by atoms with E-state index in [1.165, 1.54) is 18.4 Å². The van der Waals surface area contributed by atoms with E-state index in [4.69, 9.17) is 4.74 Å². The quantitative estimate of drug-likeness (QED) is 0.622. The van der Waals surface area contributed by atoms with Crippen LogP contribution in [0.1, 0.15) is 35.0 Å². The van der Waals surface area contributed by atoms with E-state index < -0.39 is 11.9 Å². The van der Waals surface area contributed by atoms with Gasteiger partial charge in [-0.05, 0) is 31.4 Å². The summed E-state index contributed by atoms with van der Waals surface area (Å²) in [5.74, 6) is -2.26. The normalized spacial score (nSPS) is 17.2. The third-order valence-electron chi connectivity index (χ3n) is 4.49. The van der Waals surface area contributed by atoms with Gasteiger partial charge in [-0.25, -0.2) is 4.98 Å². The Bertz CT molecular complexity index is 846. The number of nitrogens with one attached hydrogen (secondary N) is 1. The summed E-state index contributed by atoms with van der Waals surface area (Å²) in [6.07, 6.45) is 1.10. The Labute approximate surface area is 155 Å². The lowest BCUT2D eigenvalue weighted by atomic mass is 9.87. The van der Waals surface area contributed by atoms with E-state index in [-0.39, 0.29) is 24.0 Å². The predicted octanol–water partition coefficient (Wildman–Crippen LogP) is 2.87. The standard InChI is InChI=1S/C19H20N2O4S/c1-11-10-26-18(20-11)16(19(24)25-2)15(22)8-7-13-9-12-5-3-4-6-14(12)21-17(13)23/h3-6,10,13,16H,7-9H2,1-2H3,(H,21,23)/t13-,16-/m0/s1. The van der Waals surface area contributed by atoms with Crippen molar-refractivity contribution in [1.29, 1.82) is 0 Å². The van der Waals surface area contributed by atoms with Gasteiger partial charge in [-0.2, -0.15) is 0 Å². The Morgan fingerprint density at radius 2 is 2.15 bits per heavy atom. The number of carbonyl (C=O) groups is 3. The topological polar surface area (TPSA) is 85.4 Å². The number of esters is 1. The summed E-state index contributed by atoms with van der Waals surface area (Å²) in [7, 11) is 1.26. The van der Waals surface area contributed by atoms with Crippen molar-refractivity contribution >= 4 is 34.7 Å². The van der Waals surface area contributed by atoms with Crippen LogP contribution < -0.4 is 5.32 Å². The molecule has 1 amide bonds. The molecule has 1 aliphatic rings. The molecule has 2 aromatic rings. The Balaban J connectivity index is 1.69. The SMILES string of the molecule is COC(=O)[C@@H](C(=O)CC[C@H]1Cc2ccccc2NC1=O)c1nc(C)cs1. The second kappa shape index (κ2) is 7.78. The van der Waals surface area contributed by atoms with Crippen LogP contribution in [0.4, 0.5) is 5.69 Å². The highest BCUT2D eigenvalue weighted by Crippen LogP contribution is 2.29. The number of benzene rings is 1. The molecule has 1 aromatic heterocycles. The zero-order valence-corrected chi connectivity index (χ0v) is 15.5. The third-order valence-corrected chi connectivity index (χ3v) is 5.52. The number of fused-ring (bicyclic) bond motifs is 1. The summed E-state index contributed by atoms with van der Waals surface area (Å²) < 4.78 is 4.78. The van der Waals surface area contributed by atoms with Crippen LogP contribution in [0.15, 0.2) is 29.6 Å². The van der Waals surface area contributed by atoms with Crippen molar-refractivity contribution in [1.82, 2.24) is 4.98 Å². The number of methoxy groups -OCH3 is 1. The highest BCUT2D eigenvalue weighted by atomic mass is 32.1. The van der Waals surface area contributed by atoms with Crippen molar-refractivity contribution in [3.8, 4) is 0 Å². The van der Waals surface area contributed by atoms with E-state index in [1.807, 2.05) is 31.2 Å². The molecule has 0 radical (unpaired) electrons. The zero-order valence-electron chi connectivity index (χ0n) is 14.7. The van der Waals surface area contributed by atoms with Crippen LogP contribution in [0.5, 0.6) is 0 Å². The van der Waals surface area contributed by atoms with Crippen LogP contribution in [0, 0.1) is 12.8 Å². The molecule has 136 valence electrons. The molecule has 0 fully saturated rings. The van der Waals surface area contributed by atoms with Crippen molar-refractivity contribution in [2.24, 2.45) is 5.92 Å². The van der Waals surface area contributed by atoms with E-state index >= 15 is 0 Å². The summed E-state index contributed by atoms with van der Waals surface area (Å²) in [4.78, 5) is 41.3. The highest BCUT2D eigenvalue weighted by molar-refractivity contribution is 7.10. The molecule has 7 heteroatoms. The lowest BCUT2D eigenvalue weighted by molar-refractivity contribution is -0.145. The fourth-order valence-electron chi connectivity index (χ4n) is 3.10. The fourth-order valence-corrected chi connectivity index (χ4v) is 4.00. The molecule has 0 saturated carbocycles. The number of Topliss-reactive ketones (excluding diaryl/α,β-unsaturated/α-hetero) is 1. The number of thiazole rings is 1. The van der Waals surface area contributed by atoms with Crippen molar-refractivity contribution in [3.63, 3.8) is 0 Å². The predicted molar refractivity (Wildman–Crippen MR) is 98.1 cm³/mol. The first-order valence-corrected chi connectivity index (χ1v) is 9.29. The molecular weight excluding hydrogens is 352 g/mol. The molecule has 1 aliphatic heterocycles. The average Bonchev–Trinajstić information content (AvgIpc) is 3.05. The van der Waals surface area contributed by atoms with Gasteiger partial charge in [0.1, 0.15) is 5.01 Å². The van der Waals surface area contributed by atoms with Crippen molar-refractivity contribution in [2.75, 3.05) is 12.4 Å². The molecule has 0 unspecified atom stereocenters. The lowest BCUT2D eigenvalue weighted by Crippen LogP contribution is -2.31. The van der Waals surface area contributed by atoms with Crippen LogP contribution >= 0.6 is 11.3 Å². The van der Waals surface area contributed by atoms with E-state index in [2.05, 4.69) is 10.3 Å². The first-order valence-electron chi connectivity index (χ1n) is 8.41. The molecule has 1 aromatic carbocycles. The second-order valence-corrected chi connectivity index (χ2v) is 7.23. The molecule has 0 saturated heterocycles. The van der Waals surface area contributed by atoms with Gasteiger partial charge in [-0.15, -0.1) is 11.3 Å². The largest absolute Gasteiger partial charge is 0.468 e. The van der Waals surface area contributed by atoms with E-state index in [0.717, 1.165) is 16.9 Å². The van der Waals surface area contributed by atoms with E-state index in [9.17, 15) is 14.4 Å². The monoisotopic (exact) mass is 372 g/mol. The van der Waals surface area contributed by atoms with Gasteiger partial charge in [0, 0.05) is 29.1 Å². The van der Waals surface area contributed by atoms with Gasteiger partial charge in [0.05, 0.1) is 7.11 Å². The number of nitrogens with zero attached hydrogens (tertiary/aromatic N) is 1. The first kappa shape index (κ1) is 18.3. The molecule has 3 rings (SSSR count). The molecule has 2 atom stereocenters. The highest BCUT2D eigenvalue weighted by Gasteiger charge is 2.33. The number of aromatic nitrogens is 1. The van der Waals surface area contributed by atoms with Crippen LogP contribution in [0.25, 0.3) is 0 Å². The number of hydrogen-bond donors (Lipinski definition) is 1. The Kier molecular flexibility index (Phi) is 5.46. The maximum atomic E-state index is 12.7. The summed E-state index contributed by atoms with van der Waals surface area (Å²) in [5, 5.41) is 5.12. The van der Waals surface area contributed by atoms with Gasteiger partial charge in [0.25, 0.3) is 0 Å². The summed E-state index contributed by atoms with van der Waals surface area (Å²) >= 11 is 1.27. The molecule has 0 aliphatic carbocycles. The van der Waals surface area contributed by atoms with Crippen molar-refractivity contribution < 1.29 is 19.1 Å². The van der Waals surface area contributed by atoms with Gasteiger partial charge in [-0.3, -0.25) is 14.4 Å². The zero-order chi connectivity index (χ0) is 18.7. The number of anilines is 1. The first-order chi connectivity index (χ1) is 12.5. The van der Waals surface area contributed by atoms with Crippen LogP contribution in [0.2, 0.25) is 0 Å². The van der Waals surface area contributed by atoms with Gasteiger partial charge in [0.2, 0.25) is 5.91 Å². The van der Waals surface area contributed by atoms with Crippen LogP contribution in [-0.4, -0.2) is 29.8 Å². The maximum Gasteiger partial charge on any atom is 0.323 e. The molecule has 2 heterocycles. The number of ketones is 1. The Hall–Kier alpha value is -2.54. The molecule has 6 nitrogen and oxygen atoms in total. The second-order valence-electron chi connectivity index (χ2n) is 6.34. The van der Waals surface area contributed by atoms with Crippen molar-refractivity contribution in [2.45, 2.75) is 32.1 Å². The molecule has 0 bridgehead atoms. The number of ether oxygens (including phenoxy) is 1. The summed E-state index contributed by atoms with van der Waals surface area (Å²) in [6, 6.07) is 7.64. The average molecular weight is 372 g/mol. The molecule has 0 spiro atoms. The summed E-state index contributed by atoms with van der Waals surface area (Å²) in [5.41, 5.74) is 2.64. The fraction of sp³-hybridized carbons (Fsp3) is 0.368. The minimum atomic E-state index is -1.02. The smallest absolute Gasteiger partial charge is 0.323 e. The van der Waals surface area contributed by atoms with Crippen LogP contribution in [0.3, 0.4) is 0 Å². The van der Waals surface area contributed by atoms with Gasteiger partial charge < -0.3 is 10.1 Å². The number of amides is 1. The van der Waals surface area contributed by atoms with Gasteiger partial charge >= 0.3 is 5.97 Å². The minimum absolute atomic E-state index is 0.0868. The maximum absolute atomic E-state index is 12.7. The number of rotatable bonds is 6. The Morgan fingerprint density at radius 1 is 1.38 bits per heavy atom. The lowest BCUT2D eigenvalue weighted by Gasteiger charge is -2.24. The number of aryl methyl sites for hydroxylation is 1. The van der Waals surface area contributed by atoms with Crippen molar-refractivity contribution in [3.05, 3.63) is 45.9 Å². The number of carbonyl (C=O) groups excluding carboxylic acids is 3. The van der Waals surface area contributed by atoms with Crippen LogP contribution in [-0.2, 0) is 25.5 Å². The van der Waals surface area contributed by atoms with Gasteiger partial charge in [-0.1, -0.05) is 18.2 Å². The number of para-hydroxylation sites is 1. The van der Waals surface area contributed by atoms with E-state index in [0.29, 0.717) is 17.8 Å².